The van der Waals surface area contributed by atoms with E-state index in [0.29, 0.717) is 25.0 Å². The minimum Gasteiger partial charge on any atom is -0.466 e. The van der Waals surface area contributed by atoms with Gasteiger partial charge in [0.15, 0.2) is 0 Å². The van der Waals surface area contributed by atoms with Gasteiger partial charge in [-0.2, -0.15) is 0 Å². The maximum atomic E-state index is 12.1. The predicted molar refractivity (Wildman–Crippen MR) is 65.5 cm³/mol. The summed E-state index contributed by atoms with van der Waals surface area (Å²) in [6.45, 7) is 4.98. The molecular weight excluding hydrogens is 216 g/mol. The summed E-state index contributed by atoms with van der Waals surface area (Å²) >= 11 is 0. The van der Waals surface area contributed by atoms with Crippen LogP contribution in [0.5, 0.6) is 0 Å². The van der Waals surface area contributed by atoms with Crippen LogP contribution in [0.3, 0.4) is 0 Å². The number of esters is 1. The fourth-order valence-electron chi connectivity index (χ4n) is 3.27. The largest absolute Gasteiger partial charge is 0.466 e. The molecule has 0 aromatic rings. The van der Waals surface area contributed by atoms with Gasteiger partial charge >= 0.3 is 5.97 Å². The van der Waals surface area contributed by atoms with Crippen LogP contribution in [0.15, 0.2) is 12.2 Å². The Bertz CT molecular complexity index is 298. The van der Waals surface area contributed by atoms with Crippen molar-refractivity contribution in [3.05, 3.63) is 12.2 Å². The summed E-state index contributed by atoms with van der Waals surface area (Å²) in [5.41, 5.74) is 0. The van der Waals surface area contributed by atoms with Crippen LogP contribution in [-0.2, 0) is 14.3 Å². The van der Waals surface area contributed by atoms with Gasteiger partial charge in [-0.1, -0.05) is 12.2 Å². The lowest BCUT2D eigenvalue weighted by atomic mass is 9.81. The topological polar surface area (TPSA) is 35.5 Å². The van der Waals surface area contributed by atoms with E-state index in [1.54, 1.807) is 0 Å². The molecule has 4 atom stereocenters. The van der Waals surface area contributed by atoms with Crippen molar-refractivity contribution in [2.24, 2.45) is 17.8 Å². The van der Waals surface area contributed by atoms with Gasteiger partial charge in [-0.25, -0.2) is 0 Å². The average Bonchev–Trinajstić information content (AvgIpc) is 2.67. The SMILES string of the molecule is CCOC(=O)[C@H]1[C@H]2CC=CC[C@H]2C[C@H]1OCC. The Balaban J connectivity index is 2.11. The number of allylic oxidation sites excluding steroid dienone is 2. The molecule has 3 heteroatoms. The molecule has 0 aromatic heterocycles. The summed E-state index contributed by atoms with van der Waals surface area (Å²) in [4.78, 5) is 12.1. The zero-order valence-corrected chi connectivity index (χ0v) is 10.7. The zero-order valence-electron chi connectivity index (χ0n) is 10.7. The quantitative estimate of drug-likeness (QED) is 0.558. The third-order valence-electron chi connectivity index (χ3n) is 3.96. The highest BCUT2D eigenvalue weighted by Gasteiger charge is 2.47. The van der Waals surface area contributed by atoms with E-state index < -0.39 is 0 Å². The smallest absolute Gasteiger partial charge is 0.311 e. The molecule has 0 N–H and O–H groups in total. The first-order valence-electron chi connectivity index (χ1n) is 6.71. The van der Waals surface area contributed by atoms with Gasteiger partial charge in [0.2, 0.25) is 0 Å². The number of ether oxygens (including phenoxy) is 2. The summed E-state index contributed by atoms with van der Waals surface area (Å²) in [6, 6.07) is 0. The highest BCUT2D eigenvalue weighted by Crippen LogP contribution is 2.45. The van der Waals surface area contributed by atoms with Crippen LogP contribution in [0.4, 0.5) is 0 Å². The molecule has 2 aliphatic rings. The molecular formula is C14H22O3. The normalized spacial score (nSPS) is 35.6. The fourth-order valence-corrected chi connectivity index (χ4v) is 3.27. The summed E-state index contributed by atoms with van der Waals surface area (Å²) in [5, 5.41) is 0. The van der Waals surface area contributed by atoms with Crippen molar-refractivity contribution >= 4 is 5.97 Å². The highest BCUT2D eigenvalue weighted by molar-refractivity contribution is 5.74. The second-order valence-corrected chi connectivity index (χ2v) is 4.87. The van der Waals surface area contributed by atoms with Crippen LogP contribution in [0, 0.1) is 17.8 Å². The fraction of sp³-hybridized carbons (Fsp3) is 0.786. The molecule has 0 bridgehead atoms. The summed E-state index contributed by atoms with van der Waals surface area (Å²) < 4.78 is 11.0. The van der Waals surface area contributed by atoms with Crippen LogP contribution in [0.2, 0.25) is 0 Å². The Morgan fingerprint density at radius 1 is 1.24 bits per heavy atom. The van der Waals surface area contributed by atoms with Gasteiger partial charge in [-0.3, -0.25) is 4.79 Å². The standard InChI is InChI=1S/C14H22O3/c1-3-16-12-9-10-7-5-6-8-11(10)13(12)14(15)17-4-2/h5-6,10-13H,3-4,7-9H2,1-2H3/t10-,11-,12+,13-/m0/s1. The highest BCUT2D eigenvalue weighted by atomic mass is 16.5. The number of hydrogen-bond acceptors (Lipinski definition) is 3. The number of rotatable bonds is 4. The molecule has 2 rings (SSSR count). The van der Waals surface area contributed by atoms with Gasteiger partial charge < -0.3 is 9.47 Å². The van der Waals surface area contributed by atoms with Crippen LogP contribution in [-0.4, -0.2) is 25.3 Å². The lowest BCUT2D eigenvalue weighted by Gasteiger charge is -2.25. The Morgan fingerprint density at radius 2 is 2.00 bits per heavy atom. The second kappa shape index (κ2) is 5.67. The minimum atomic E-state index is -0.0613. The maximum Gasteiger partial charge on any atom is 0.311 e. The van der Waals surface area contributed by atoms with Crippen molar-refractivity contribution in [3.63, 3.8) is 0 Å². The molecule has 0 heterocycles. The first kappa shape index (κ1) is 12.6. The molecule has 2 aliphatic carbocycles. The van der Waals surface area contributed by atoms with E-state index >= 15 is 0 Å². The van der Waals surface area contributed by atoms with E-state index in [1.165, 1.54) is 0 Å². The van der Waals surface area contributed by atoms with E-state index in [0.717, 1.165) is 19.3 Å². The van der Waals surface area contributed by atoms with Gasteiger partial charge in [-0.05, 0) is 44.9 Å². The third-order valence-corrected chi connectivity index (χ3v) is 3.96. The Labute approximate surface area is 103 Å². The van der Waals surface area contributed by atoms with E-state index in [2.05, 4.69) is 12.2 Å². The van der Waals surface area contributed by atoms with Crippen LogP contribution >= 0.6 is 0 Å². The van der Waals surface area contributed by atoms with Gasteiger partial charge in [0, 0.05) is 6.61 Å². The minimum absolute atomic E-state index is 0.0511. The van der Waals surface area contributed by atoms with E-state index in [-0.39, 0.29) is 18.0 Å². The van der Waals surface area contributed by atoms with E-state index in [1.807, 2.05) is 13.8 Å². The van der Waals surface area contributed by atoms with Gasteiger partial charge in [0.1, 0.15) is 0 Å². The molecule has 17 heavy (non-hydrogen) atoms. The summed E-state index contributed by atoms with van der Waals surface area (Å²) in [5.74, 6) is 0.917. The Kier molecular flexibility index (Phi) is 4.21. The van der Waals surface area contributed by atoms with Crippen molar-refractivity contribution in [2.75, 3.05) is 13.2 Å². The molecule has 0 aromatic carbocycles. The first-order valence-corrected chi connectivity index (χ1v) is 6.71. The van der Waals surface area contributed by atoms with Gasteiger partial charge in [0.25, 0.3) is 0 Å². The lowest BCUT2D eigenvalue weighted by molar-refractivity contribution is -0.154. The number of fused-ring (bicyclic) bond motifs is 1. The number of carbonyl (C=O) groups is 1. The molecule has 3 nitrogen and oxygen atoms in total. The van der Waals surface area contributed by atoms with Crippen molar-refractivity contribution in [3.8, 4) is 0 Å². The second-order valence-electron chi connectivity index (χ2n) is 4.87. The molecule has 1 fully saturated rings. The summed E-state index contributed by atoms with van der Waals surface area (Å²) in [7, 11) is 0. The van der Waals surface area contributed by atoms with Crippen LogP contribution in [0.1, 0.15) is 33.1 Å². The molecule has 0 aliphatic heterocycles. The molecule has 0 unspecified atom stereocenters. The third kappa shape index (κ3) is 2.54. The number of hydrogen-bond donors (Lipinski definition) is 0. The van der Waals surface area contributed by atoms with Gasteiger partial charge in [0.05, 0.1) is 18.6 Å². The van der Waals surface area contributed by atoms with Gasteiger partial charge in [-0.15, -0.1) is 0 Å². The molecule has 96 valence electrons. The molecule has 0 radical (unpaired) electrons. The van der Waals surface area contributed by atoms with Crippen molar-refractivity contribution < 1.29 is 14.3 Å². The lowest BCUT2D eigenvalue weighted by Crippen LogP contribution is -2.32. The van der Waals surface area contributed by atoms with E-state index in [4.69, 9.17) is 9.47 Å². The predicted octanol–water partition coefficient (Wildman–Crippen LogP) is 2.56. The van der Waals surface area contributed by atoms with Crippen LogP contribution < -0.4 is 0 Å². The number of carbonyl (C=O) groups excluding carboxylic acids is 1. The van der Waals surface area contributed by atoms with E-state index in [9.17, 15) is 4.79 Å². The Hall–Kier alpha value is -0.830. The monoisotopic (exact) mass is 238 g/mol. The maximum absolute atomic E-state index is 12.1. The van der Waals surface area contributed by atoms with Crippen molar-refractivity contribution in [2.45, 2.75) is 39.2 Å². The van der Waals surface area contributed by atoms with Crippen molar-refractivity contribution in [1.29, 1.82) is 0 Å². The average molecular weight is 238 g/mol. The van der Waals surface area contributed by atoms with Crippen molar-refractivity contribution in [1.82, 2.24) is 0 Å². The Morgan fingerprint density at radius 3 is 2.71 bits per heavy atom. The first-order chi connectivity index (χ1) is 8.27. The van der Waals surface area contributed by atoms with Crippen LogP contribution in [0.25, 0.3) is 0 Å². The summed E-state index contributed by atoms with van der Waals surface area (Å²) in [6.07, 6.45) is 7.59. The zero-order chi connectivity index (χ0) is 12.3. The molecule has 0 amide bonds. The molecule has 1 saturated carbocycles. The molecule has 0 spiro atoms. The molecule has 0 saturated heterocycles.